The Kier molecular flexibility index (Phi) is 5.04. The molecule has 1 aromatic heterocycles. The topological polar surface area (TPSA) is 52.6 Å². The molecule has 3 aliphatic rings. The lowest BCUT2D eigenvalue weighted by atomic mass is 10.0. The Morgan fingerprint density at radius 1 is 0.840 bits per heavy atom. The summed E-state index contributed by atoms with van der Waals surface area (Å²) < 4.78 is 0. The standard InChI is InChI=1S/C19H29N5O/c25-19(15-16-5-1-2-6-16)24-13-11-23(12-14-24)18-8-7-17(20-21-18)22-9-3-4-10-22/h7-8,16H,1-6,9-15H2. The van der Waals surface area contributed by atoms with E-state index >= 15 is 0 Å². The van der Waals surface area contributed by atoms with Crippen molar-refractivity contribution >= 4 is 17.5 Å². The Hall–Kier alpha value is -1.85. The van der Waals surface area contributed by atoms with Crippen LogP contribution in [-0.4, -0.2) is 60.3 Å². The second-order valence-corrected chi connectivity index (χ2v) is 7.67. The first kappa shape index (κ1) is 16.6. The van der Waals surface area contributed by atoms with Gasteiger partial charge < -0.3 is 14.7 Å². The van der Waals surface area contributed by atoms with Gasteiger partial charge in [-0.3, -0.25) is 4.79 Å². The summed E-state index contributed by atoms with van der Waals surface area (Å²) in [5, 5.41) is 8.84. The zero-order valence-corrected chi connectivity index (χ0v) is 15.1. The minimum Gasteiger partial charge on any atom is -0.355 e. The highest BCUT2D eigenvalue weighted by Crippen LogP contribution is 2.28. The molecule has 4 rings (SSSR count). The highest BCUT2D eigenvalue weighted by Gasteiger charge is 2.25. The van der Waals surface area contributed by atoms with E-state index in [4.69, 9.17) is 0 Å². The molecule has 0 N–H and O–H groups in total. The zero-order valence-electron chi connectivity index (χ0n) is 15.1. The predicted molar refractivity (Wildman–Crippen MR) is 98.8 cm³/mol. The fraction of sp³-hybridized carbons (Fsp3) is 0.737. The molecular weight excluding hydrogens is 314 g/mol. The molecule has 6 heteroatoms. The van der Waals surface area contributed by atoms with Gasteiger partial charge in [-0.05, 0) is 43.7 Å². The molecule has 25 heavy (non-hydrogen) atoms. The Balaban J connectivity index is 1.28. The lowest BCUT2D eigenvalue weighted by molar-refractivity contribution is -0.132. The van der Waals surface area contributed by atoms with E-state index in [0.717, 1.165) is 57.3 Å². The van der Waals surface area contributed by atoms with Crippen LogP contribution >= 0.6 is 0 Å². The number of nitrogens with zero attached hydrogens (tertiary/aromatic N) is 5. The van der Waals surface area contributed by atoms with E-state index in [-0.39, 0.29) is 0 Å². The number of aromatic nitrogens is 2. The molecule has 2 aliphatic heterocycles. The smallest absolute Gasteiger partial charge is 0.222 e. The van der Waals surface area contributed by atoms with Crippen molar-refractivity contribution in [3.8, 4) is 0 Å². The second kappa shape index (κ2) is 7.58. The van der Waals surface area contributed by atoms with Crippen molar-refractivity contribution in [1.82, 2.24) is 15.1 Å². The Morgan fingerprint density at radius 3 is 1.96 bits per heavy atom. The number of anilines is 2. The minimum absolute atomic E-state index is 0.349. The summed E-state index contributed by atoms with van der Waals surface area (Å²) in [7, 11) is 0. The summed E-state index contributed by atoms with van der Waals surface area (Å²) in [6.07, 6.45) is 8.34. The van der Waals surface area contributed by atoms with Crippen molar-refractivity contribution in [2.24, 2.45) is 5.92 Å². The molecule has 1 amide bonds. The van der Waals surface area contributed by atoms with Crippen LogP contribution in [0.4, 0.5) is 11.6 Å². The van der Waals surface area contributed by atoms with Gasteiger partial charge in [-0.1, -0.05) is 12.8 Å². The van der Waals surface area contributed by atoms with E-state index in [9.17, 15) is 4.79 Å². The van der Waals surface area contributed by atoms with Gasteiger partial charge in [0, 0.05) is 45.7 Å². The van der Waals surface area contributed by atoms with Crippen LogP contribution in [0.15, 0.2) is 12.1 Å². The molecule has 3 heterocycles. The third-order valence-electron chi connectivity index (χ3n) is 5.96. The van der Waals surface area contributed by atoms with Crippen LogP contribution in [0.5, 0.6) is 0 Å². The Morgan fingerprint density at radius 2 is 1.40 bits per heavy atom. The van der Waals surface area contributed by atoms with E-state index < -0.39 is 0 Å². The van der Waals surface area contributed by atoms with E-state index in [0.29, 0.717) is 11.8 Å². The summed E-state index contributed by atoms with van der Waals surface area (Å²) >= 11 is 0. The summed E-state index contributed by atoms with van der Waals surface area (Å²) in [5.74, 6) is 2.91. The lowest BCUT2D eigenvalue weighted by Crippen LogP contribution is -2.49. The highest BCUT2D eigenvalue weighted by molar-refractivity contribution is 5.76. The maximum Gasteiger partial charge on any atom is 0.222 e. The Labute approximate surface area is 150 Å². The number of hydrogen-bond donors (Lipinski definition) is 0. The van der Waals surface area contributed by atoms with Gasteiger partial charge in [0.05, 0.1) is 0 Å². The molecule has 0 atom stereocenters. The highest BCUT2D eigenvalue weighted by atomic mass is 16.2. The van der Waals surface area contributed by atoms with E-state index in [1.54, 1.807) is 0 Å². The van der Waals surface area contributed by atoms with E-state index in [2.05, 4.69) is 32.1 Å². The number of hydrogen-bond acceptors (Lipinski definition) is 5. The maximum absolute atomic E-state index is 12.5. The Bertz CT molecular complexity index is 570. The van der Waals surface area contributed by atoms with Gasteiger partial charge in [-0.2, -0.15) is 0 Å². The summed E-state index contributed by atoms with van der Waals surface area (Å²) in [6.45, 7) is 5.51. The molecule has 3 fully saturated rings. The molecule has 6 nitrogen and oxygen atoms in total. The number of piperazine rings is 1. The second-order valence-electron chi connectivity index (χ2n) is 7.67. The van der Waals surface area contributed by atoms with Gasteiger partial charge in [0.25, 0.3) is 0 Å². The van der Waals surface area contributed by atoms with Crippen LogP contribution in [-0.2, 0) is 4.79 Å². The molecule has 0 aromatic carbocycles. The fourth-order valence-corrected chi connectivity index (χ4v) is 4.38. The molecule has 2 saturated heterocycles. The van der Waals surface area contributed by atoms with E-state index in [1.807, 2.05) is 4.90 Å². The molecule has 0 spiro atoms. The van der Waals surface area contributed by atoms with Gasteiger partial charge in [-0.25, -0.2) is 0 Å². The average molecular weight is 343 g/mol. The van der Waals surface area contributed by atoms with Gasteiger partial charge >= 0.3 is 0 Å². The first-order chi connectivity index (χ1) is 12.3. The molecule has 1 saturated carbocycles. The molecule has 136 valence electrons. The quantitative estimate of drug-likeness (QED) is 0.840. The zero-order chi connectivity index (χ0) is 17.1. The normalized spacial score (nSPS) is 22.0. The molecular formula is C19H29N5O. The lowest BCUT2D eigenvalue weighted by Gasteiger charge is -2.35. The number of amides is 1. The van der Waals surface area contributed by atoms with Crippen molar-refractivity contribution < 1.29 is 4.79 Å². The molecule has 1 aromatic rings. The summed E-state index contributed by atoms with van der Waals surface area (Å²) in [4.78, 5) is 19.1. The molecule has 0 radical (unpaired) electrons. The SMILES string of the molecule is O=C(CC1CCCC1)N1CCN(c2ccc(N3CCCC3)nn2)CC1. The van der Waals surface area contributed by atoms with Crippen molar-refractivity contribution in [3.63, 3.8) is 0 Å². The van der Waals surface area contributed by atoms with Gasteiger partial charge in [0.1, 0.15) is 0 Å². The fourth-order valence-electron chi connectivity index (χ4n) is 4.38. The van der Waals surface area contributed by atoms with Crippen molar-refractivity contribution in [2.75, 3.05) is 49.1 Å². The number of carbonyl (C=O) groups is 1. The van der Waals surface area contributed by atoms with Crippen molar-refractivity contribution in [1.29, 1.82) is 0 Å². The maximum atomic E-state index is 12.5. The van der Waals surface area contributed by atoms with Gasteiger partial charge in [0.15, 0.2) is 11.6 Å². The van der Waals surface area contributed by atoms with Crippen molar-refractivity contribution in [2.45, 2.75) is 44.9 Å². The third-order valence-corrected chi connectivity index (χ3v) is 5.96. The summed E-state index contributed by atoms with van der Waals surface area (Å²) in [6, 6.07) is 4.17. The first-order valence-electron chi connectivity index (χ1n) is 9.91. The van der Waals surface area contributed by atoms with Crippen LogP contribution in [0, 0.1) is 5.92 Å². The largest absolute Gasteiger partial charge is 0.355 e. The van der Waals surface area contributed by atoms with Crippen LogP contribution in [0.1, 0.15) is 44.9 Å². The monoisotopic (exact) mass is 343 g/mol. The number of rotatable bonds is 4. The van der Waals surface area contributed by atoms with Crippen molar-refractivity contribution in [3.05, 3.63) is 12.1 Å². The van der Waals surface area contributed by atoms with Crippen LogP contribution < -0.4 is 9.80 Å². The third kappa shape index (κ3) is 3.88. The van der Waals surface area contributed by atoms with Crippen LogP contribution in [0.25, 0.3) is 0 Å². The van der Waals surface area contributed by atoms with E-state index in [1.165, 1.54) is 38.5 Å². The molecule has 0 unspecified atom stereocenters. The summed E-state index contributed by atoms with van der Waals surface area (Å²) in [5.41, 5.74) is 0. The molecule has 1 aliphatic carbocycles. The predicted octanol–water partition coefficient (Wildman–Crippen LogP) is 2.31. The van der Waals surface area contributed by atoms with Crippen LogP contribution in [0.3, 0.4) is 0 Å². The van der Waals surface area contributed by atoms with Gasteiger partial charge in [0.2, 0.25) is 5.91 Å². The number of carbonyl (C=O) groups excluding carboxylic acids is 1. The average Bonchev–Trinajstić information content (AvgIpc) is 3.36. The first-order valence-corrected chi connectivity index (χ1v) is 9.91. The minimum atomic E-state index is 0.349. The van der Waals surface area contributed by atoms with Crippen LogP contribution in [0.2, 0.25) is 0 Å². The van der Waals surface area contributed by atoms with Gasteiger partial charge in [-0.15, -0.1) is 10.2 Å². The molecule has 0 bridgehead atoms.